The molecule has 0 atom stereocenters. The van der Waals surface area contributed by atoms with E-state index >= 15 is 0 Å². The highest BCUT2D eigenvalue weighted by molar-refractivity contribution is 5.78. The molecule has 2 N–H and O–H groups in total. The molecule has 1 aromatic rings. The second kappa shape index (κ2) is 9.40. The van der Waals surface area contributed by atoms with Crippen LogP contribution in [0.2, 0.25) is 0 Å². The van der Waals surface area contributed by atoms with Gasteiger partial charge < -0.3 is 24.6 Å². The zero-order valence-electron chi connectivity index (χ0n) is 12.6. The van der Waals surface area contributed by atoms with Crippen molar-refractivity contribution in [3.05, 3.63) is 29.8 Å². The summed E-state index contributed by atoms with van der Waals surface area (Å²) in [6.07, 6.45) is 1.78. The van der Waals surface area contributed by atoms with Gasteiger partial charge in [-0.05, 0) is 24.1 Å². The Hall–Kier alpha value is -1.63. The van der Waals surface area contributed by atoms with Crippen LogP contribution in [0.25, 0.3) is 0 Å². The number of ether oxygens (including phenoxy) is 3. The van der Waals surface area contributed by atoms with E-state index < -0.39 is 0 Å². The number of hydrogen-bond acceptors (Lipinski definition) is 5. The van der Waals surface area contributed by atoms with Gasteiger partial charge in [-0.15, -0.1) is 0 Å². The molecule has 1 aliphatic rings. The maximum atomic E-state index is 11.5. The number of hydrogen-bond donors (Lipinski definition) is 2. The van der Waals surface area contributed by atoms with Gasteiger partial charge in [-0.2, -0.15) is 0 Å². The van der Waals surface area contributed by atoms with Gasteiger partial charge in [0, 0.05) is 13.0 Å². The van der Waals surface area contributed by atoms with E-state index in [-0.39, 0.29) is 25.3 Å². The molecule has 1 amide bonds. The molecule has 0 aromatic heterocycles. The lowest BCUT2D eigenvalue weighted by molar-refractivity contribution is -0.183. The van der Waals surface area contributed by atoms with Gasteiger partial charge in [0.1, 0.15) is 5.75 Å². The van der Waals surface area contributed by atoms with E-state index in [2.05, 4.69) is 5.32 Å². The fourth-order valence-corrected chi connectivity index (χ4v) is 2.12. The van der Waals surface area contributed by atoms with Crippen LogP contribution in [-0.2, 0) is 20.7 Å². The number of amides is 1. The molecule has 1 aromatic carbocycles. The Morgan fingerprint density at radius 2 is 2.00 bits per heavy atom. The minimum atomic E-state index is -0.164. The summed E-state index contributed by atoms with van der Waals surface area (Å²) in [5, 5.41) is 11.3. The molecule has 6 heteroatoms. The van der Waals surface area contributed by atoms with Crippen molar-refractivity contribution in [1.29, 1.82) is 0 Å². The van der Waals surface area contributed by atoms with Crippen LogP contribution in [0.1, 0.15) is 18.4 Å². The Morgan fingerprint density at radius 1 is 1.27 bits per heavy atom. The molecule has 1 fully saturated rings. The van der Waals surface area contributed by atoms with E-state index in [0.717, 1.165) is 30.9 Å². The maximum Gasteiger partial charge on any atom is 0.224 e. The molecular weight excluding hydrogens is 286 g/mol. The van der Waals surface area contributed by atoms with Gasteiger partial charge in [0.2, 0.25) is 5.91 Å². The summed E-state index contributed by atoms with van der Waals surface area (Å²) in [5.41, 5.74) is 0.904. The van der Waals surface area contributed by atoms with Crippen molar-refractivity contribution in [3.8, 4) is 5.75 Å². The third-order valence-corrected chi connectivity index (χ3v) is 3.24. The predicted octanol–water partition coefficient (Wildman–Crippen LogP) is 0.869. The average molecular weight is 309 g/mol. The molecule has 1 saturated heterocycles. The highest BCUT2D eigenvalue weighted by atomic mass is 16.7. The number of aliphatic hydroxyl groups is 1. The van der Waals surface area contributed by atoms with Crippen LogP contribution in [0.3, 0.4) is 0 Å². The summed E-state index contributed by atoms with van der Waals surface area (Å²) in [6.45, 7) is 2.26. The number of carbonyl (C=O) groups is 1. The molecule has 0 radical (unpaired) electrons. The Balaban J connectivity index is 1.68. The lowest BCUT2D eigenvalue weighted by atomic mass is 10.1. The smallest absolute Gasteiger partial charge is 0.224 e. The normalized spacial score (nSPS) is 15.5. The summed E-state index contributed by atoms with van der Waals surface area (Å²) in [6, 6.07) is 7.41. The number of nitrogens with one attached hydrogen (secondary N) is 1. The van der Waals surface area contributed by atoms with E-state index in [4.69, 9.17) is 19.3 Å². The number of aliphatic hydroxyl groups excluding tert-OH is 1. The van der Waals surface area contributed by atoms with Gasteiger partial charge in [-0.3, -0.25) is 4.79 Å². The van der Waals surface area contributed by atoms with Crippen LogP contribution in [0.15, 0.2) is 24.3 Å². The largest absolute Gasteiger partial charge is 0.493 e. The van der Waals surface area contributed by atoms with Crippen molar-refractivity contribution < 1.29 is 24.1 Å². The first-order valence-electron chi connectivity index (χ1n) is 7.60. The number of rotatable bonds is 8. The minimum Gasteiger partial charge on any atom is -0.493 e. The SMILES string of the molecule is O=C(Cc1ccc(OCCC2OCCCO2)cc1)NCCO. The second-order valence-electron chi connectivity index (χ2n) is 5.06. The fraction of sp³-hybridized carbons (Fsp3) is 0.562. The van der Waals surface area contributed by atoms with Gasteiger partial charge in [0.15, 0.2) is 6.29 Å². The summed E-state index contributed by atoms with van der Waals surface area (Å²) in [4.78, 5) is 11.5. The van der Waals surface area contributed by atoms with E-state index in [1.54, 1.807) is 0 Å². The molecule has 22 heavy (non-hydrogen) atoms. The van der Waals surface area contributed by atoms with Crippen LogP contribution in [0.4, 0.5) is 0 Å². The number of carbonyl (C=O) groups excluding carboxylic acids is 1. The third kappa shape index (κ3) is 6.01. The van der Waals surface area contributed by atoms with Gasteiger partial charge >= 0.3 is 0 Å². The van der Waals surface area contributed by atoms with Crippen LogP contribution >= 0.6 is 0 Å². The minimum absolute atomic E-state index is 0.0487. The lowest BCUT2D eigenvalue weighted by Crippen LogP contribution is -2.27. The Morgan fingerprint density at radius 3 is 2.68 bits per heavy atom. The maximum absolute atomic E-state index is 11.5. The van der Waals surface area contributed by atoms with E-state index in [9.17, 15) is 4.79 Å². The van der Waals surface area contributed by atoms with E-state index in [1.807, 2.05) is 24.3 Å². The molecule has 1 heterocycles. The van der Waals surface area contributed by atoms with Crippen LogP contribution in [0, 0.1) is 0 Å². The van der Waals surface area contributed by atoms with Gasteiger partial charge in [-0.1, -0.05) is 12.1 Å². The zero-order valence-corrected chi connectivity index (χ0v) is 12.6. The monoisotopic (exact) mass is 309 g/mol. The lowest BCUT2D eigenvalue weighted by Gasteiger charge is -2.23. The van der Waals surface area contributed by atoms with Gasteiger partial charge in [0.25, 0.3) is 0 Å². The van der Waals surface area contributed by atoms with Crippen molar-refractivity contribution >= 4 is 5.91 Å². The summed E-state index contributed by atoms with van der Waals surface area (Å²) in [5.74, 6) is 0.657. The molecule has 1 aliphatic heterocycles. The van der Waals surface area contributed by atoms with Crippen molar-refractivity contribution in [2.75, 3.05) is 33.0 Å². The first-order chi connectivity index (χ1) is 10.8. The summed E-state index contributed by atoms with van der Waals surface area (Å²) in [7, 11) is 0. The standard InChI is InChI=1S/C16H23NO5/c18-8-7-17-15(19)12-13-2-4-14(5-3-13)20-11-6-16-21-9-1-10-22-16/h2-5,16,18H,1,6-12H2,(H,17,19). The predicted molar refractivity (Wildman–Crippen MR) is 80.7 cm³/mol. The Labute approximate surface area is 130 Å². The van der Waals surface area contributed by atoms with Crippen LogP contribution < -0.4 is 10.1 Å². The second-order valence-corrected chi connectivity index (χ2v) is 5.06. The summed E-state index contributed by atoms with van der Waals surface area (Å²) < 4.78 is 16.5. The fourth-order valence-electron chi connectivity index (χ4n) is 2.12. The molecular formula is C16H23NO5. The molecule has 0 spiro atoms. The van der Waals surface area contributed by atoms with Crippen molar-refractivity contribution in [1.82, 2.24) is 5.32 Å². The van der Waals surface area contributed by atoms with Crippen molar-refractivity contribution in [3.63, 3.8) is 0 Å². The first-order valence-corrected chi connectivity index (χ1v) is 7.60. The highest BCUT2D eigenvalue weighted by Gasteiger charge is 2.13. The Kier molecular flexibility index (Phi) is 7.15. The quantitative estimate of drug-likeness (QED) is 0.745. The van der Waals surface area contributed by atoms with Crippen molar-refractivity contribution in [2.24, 2.45) is 0 Å². The molecule has 0 aliphatic carbocycles. The molecule has 0 bridgehead atoms. The zero-order chi connectivity index (χ0) is 15.6. The average Bonchev–Trinajstić information content (AvgIpc) is 2.55. The first kappa shape index (κ1) is 16.7. The topological polar surface area (TPSA) is 77.0 Å². The molecule has 122 valence electrons. The molecule has 6 nitrogen and oxygen atoms in total. The van der Waals surface area contributed by atoms with E-state index in [0.29, 0.717) is 19.4 Å². The highest BCUT2D eigenvalue weighted by Crippen LogP contribution is 2.14. The molecule has 0 saturated carbocycles. The number of benzene rings is 1. The molecule has 0 unspecified atom stereocenters. The molecule has 2 rings (SSSR count). The van der Waals surface area contributed by atoms with Crippen LogP contribution in [0.5, 0.6) is 5.75 Å². The summed E-state index contributed by atoms with van der Waals surface area (Å²) >= 11 is 0. The van der Waals surface area contributed by atoms with Crippen LogP contribution in [-0.4, -0.2) is 50.3 Å². The van der Waals surface area contributed by atoms with E-state index in [1.165, 1.54) is 0 Å². The van der Waals surface area contributed by atoms with Gasteiger partial charge in [-0.25, -0.2) is 0 Å². The van der Waals surface area contributed by atoms with Gasteiger partial charge in [0.05, 0.1) is 32.8 Å². The Bertz CT molecular complexity index is 442. The third-order valence-electron chi connectivity index (χ3n) is 3.24. The van der Waals surface area contributed by atoms with Crippen molar-refractivity contribution in [2.45, 2.75) is 25.6 Å².